The zero-order valence-electron chi connectivity index (χ0n) is 24.3. The first kappa shape index (κ1) is 28.2. The van der Waals surface area contributed by atoms with E-state index in [2.05, 4.69) is 51.1 Å². The molecule has 2 fully saturated rings. The standard InChI is InChI=1S/C36H36N6O/c1-2-3-4-5-6-8-15-27-23-38-36(39-24-27)42-29-18-19-30(42)21-28(20-29)32-22-33(40-41-35(32)37)31-16-11-12-17-34(31)43-25-26-13-9-7-10-14-26/h1,7,9-14,16-17,22-24,28-30H,3-6,18-21,25H2,(H2,37,41). The number of ether oxygens (including phenoxy) is 1. The SMILES string of the molecule is C#CCCCCC#Cc1cnc(N2C3CCC2CC(c2cc(-c4ccccc4OCc4ccccc4)nnc2N)C3)nc1. The number of terminal acetylenes is 1. The van der Waals surface area contributed by atoms with Crippen LogP contribution in [0.3, 0.4) is 0 Å². The molecule has 0 amide bonds. The van der Waals surface area contributed by atoms with Gasteiger partial charge in [0.25, 0.3) is 0 Å². The van der Waals surface area contributed by atoms with Crippen LogP contribution in [0, 0.1) is 24.2 Å². The molecule has 43 heavy (non-hydrogen) atoms. The summed E-state index contributed by atoms with van der Waals surface area (Å²) in [5.41, 5.74) is 11.2. The second kappa shape index (κ2) is 13.4. The van der Waals surface area contributed by atoms with E-state index in [0.717, 1.165) is 91.0 Å². The number of para-hydroxylation sites is 1. The number of hydrogen-bond donors (Lipinski definition) is 1. The van der Waals surface area contributed by atoms with Crippen molar-refractivity contribution in [2.24, 2.45) is 0 Å². The van der Waals surface area contributed by atoms with Crippen molar-refractivity contribution >= 4 is 11.8 Å². The Morgan fingerprint density at radius 1 is 0.907 bits per heavy atom. The number of hydrogen-bond acceptors (Lipinski definition) is 7. The molecule has 2 saturated heterocycles. The number of anilines is 2. The minimum Gasteiger partial charge on any atom is -0.488 e. The van der Waals surface area contributed by atoms with Gasteiger partial charge in [0, 0.05) is 48.4 Å². The van der Waals surface area contributed by atoms with Crippen LogP contribution in [0.2, 0.25) is 0 Å². The van der Waals surface area contributed by atoms with Gasteiger partial charge >= 0.3 is 0 Å². The van der Waals surface area contributed by atoms with Crippen LogP contribution in [0.25, 0.3) is 11.3 Å². The molecule has 2 aromatic carbocycles. The van der Waals surface area contributed by atoms with Crippen LogP contribution >= 0.6 is 0 Å². The number of fused-ring (bicyclic) bond motifs is 2. The van der Waals surface area contributed by atoms with Gasteiger partial charge in [-0.15, -0.1) is 22.5 Å². The first-order valence-electron chi connectivity index (χ1n) is 15.1. The molecule has 6 rings (SSSR count). The van der Waals surface area contributed by atoms with Gasteiger partial charge in [0.2, 0.25) is 5.95 Å². The van der Waals surface area contributed by atoms with Gasteiger partial charge in [0.15, 0.2) is 0 Å². The Balaban J connectivity index is 1.15. The van der Waals surface area contributed by atoms with Crippen molar-refractivity contribution in [3.05, 3.63) is 89.7 Å². The van der Waals surface area contributed by atoms with E-state index in [-0.39, 0.29) is 0 Å². The zero-order chi connectivity index (χ0) is 29.4. The van der Waals surface area contributed by atoms with Gasteiger partial charge in [0.1, 0.15) is 18.2 Å². The normalized spacial score (nSPS) is 18.9. The molecule has 0 saturated carbocycles. The van der Waals surface area contributed by atoms with Crippen molar-refractivity contribution in [2.75, 3.05) is 10.6 Å². The third kappa shape index (κ3) is 6.63. The van der Waals surface area contributed by atoms with Crippen LogP contribution in [0.5, 0.6) is 5.75 Å². The molecule has 4 aromatic rings. The maximum Gasteiger partial charge on any atom is 0.225 e. The molecule has 4 heterocycles. The third-order valence-electron chi connectivity index (χ3n) is 8.40. The van der Waals surface area contributed by atoms with Crippen LogP contribution in [-0.2, 0) is 6.61 Å². The fourth-order valence-corrected chi connectivity index (χ4v) is 6.30. The lowest BCUT2D eigenvalue weighted by atomic mass is 9.85. The summed E-state index contributed by atoms with van der Waals surface area (Å²) in [6, 6.07) is 21.0. The highest BCUT2D eigenvalue weighted by atomic mass is 16.5. The Hall–Kier alpha value is -4.88. The highest BCUT2D eigenvalue weighted by Crippen LogP contribution is 2.46. The maximum absolute atomic E-state index is 6.45. The van der Waals surface area contributed by atoms with Crippen LogP contribution in [0.4, 0.5) is 11.8 Å². The monoisotopic (exact) mass is 568 g/mol. The second-order valence-electron chi connectivity index (χ2n) is 11.3. The van der Waals surface area contributed by atoms with Gasteiger partial charge in [-0.2, -0.15) is 0 Å². The summed E-state index contributed by atoms with van der Waals surface area (Å²) in [5.74, 6) is 11.4. The van der Waals surface area contributed by atoms with Gasteiger partial charge in [-0.05, 0) is 68.2 Å². The number of nitrogen functional groups attached to an aromatic ring is 1. The highest BCUT2D eigenvalue weighted by Gasteiger charge is 2.43. The van der Waals surface area contributed by atoms with Crippen LogP contribution < -0.4 is 15.4 Å². The lowest BCUT2D eigenvalue weighted by Gasteiger charge is -2.39. The predicted molar refractivity (Wildman–Crippen MR) is 170 cm³/mol. The number of rotatable bonds is 9. The molecule has 2 N–H and O–H groups in total. The summed E-state index contributed by atoms with van der Waals surface area (Å²) < 4.78 is 6.22. The van der Waals surface area contributed by atoms with Crippen molar-refractivity contribution < 1.29 is 4.74 Å². The Morgan fingerprint density at radius 2 is 1.63 bits per heavy atom. The van der Waals surface area contributed by atoms with Gasteiger partial charge in [0.05, 0.1) is 11.3 Å². The average molecular weight is 569 g/mol. The van der Waals surface area contributed by atoms with Crippen LogP contribution in [0.1, 0.15) is 74.0 Å². The van der Waals surface area contributed by atoms with Gasteiger partial charge in [-0.1, -0.05) is 54.3 Å². The summed E-state index contributed by atoms with van der Waals surface area (Å²) in [4.78, 5) is 11.8. The molecule has 2 atom stereocenters. The molecule has 7 heteroatoms. The quantitative estimate of drug-likeness (QED) is 0.181. The molecule has 0 radical (unpaired) electrons. The molecule has 2 aliphatic rings. The minimum absolute atomic E-state index is 0.292. The minimum atomic E-state index is 0.292. The largest absolute Gasteiger partial charge is 0.488 e. The lowest BCUT2D eigenvalue weighted by molar-refractivity contribution is 0.307. The smallest absolute Gasteiger partial charge is 0.225 e. The summed E-state index contributed by atoms with van der Waals surface area (Å²) in [7, 11) is 0. The number of benzene rings is 2. The molecule has 0 spiro atoms. The summed E-state index contributed by atoms with van der Waals surface area (Å²) >= 11 is 0. The third-order valence-corrected chi connectivity index (χ3v) is 8.40. The number of piperidine rings is 1. The topological polar surface area (TPSA) is 90.0 Å². The van der Waals surface area contributed by atoms with E-state index >= 15 is 0 Å². The Labute approximate surface area is 253 Å². The molecule has 2 aliphatic heterocycles. The summed E-state index contributed by atoms with van der Waals surface area (Å²) in [5, 5.41) is 8.88. The average Bonchev–Trinajstić information content (AvgIpc) is 3.31. The molecular weight excluding hydrogens is 532 g/mol. The van der Waals surface area contributed by atoms with Gasteiger partial charge in [-0.3, -0.25) is 0 Å². The molecule has 0 aliphatic carbocycles. The van der Waals surface area contributed by atoms with Crippen molar-refractivity contribution in [2.45, 2.75) is 76.0 Å². The Bertz CT molecular complexity index is 1620. The number of nitrogens with two attached hydrogens (primary N) is 1. The predicted octanol–water partition coefficient (Wildman–Crippen LogP) is 6.55. The first-order chi connectivity index (χ1) is 21.2. The molecule has 2 bridgehead atoms. The van der Waals surface area contributed by atoms with Crippen molar-refractivity contribution in [1.82, 2.24) is 20.2 Å². The lowest BCUT2D eigenvalue weighted by Crippen LogP contribution is -2.43. The number of aromatic nitrogens is 4. The van der Waals surface area contributed by atoms with E-state index in [4.69, 9.17) is 26.9 Å². The fourth-order valence-electron chi connectivity index (χ4n) is 6.30. The number of nitrogens with zero attached hydrogens (tertiary/aromatic N) is 5. The van der Waals surface area contributed by atoms with E-state index in [1.807, 2.05) is 54.9 Å². The fraction of sp³-hybridized carbons (Fsp3) is 0.333. The van der Waals surface area contributed by atoms with Crippen molar-refractivity contribution in [3.8, 4) is 41.2 Å². The molecular formula is C36H36N6O. The number of unbranched alkanes of at least 4 members (excludes halogenated alkanes) is 3. The summed E-state index contributed by atoms with van der Waals surface area (Å²) in [6.07, 6.45) is 16.9. The Kier molecular flexibility index (Phi) is 8.80. The van der Waals surface area contributed by atoms with E-state index < -0.39 is 0 Å². The van der Waals surface area contributed by atoms with Crippen molar-refractivity contribution in [3.63, 3.8) is 0 Å². The van der Waals surface area contributed by atoms with E-state index in [0.29, 0.717) is 30.4 Å². The zero-order valence-corrected chi connectivity index (χ0v) is 24.3. The maximum atomic E-state index is 6.45. The van der Waals surface area contributed by atoms with E-state index in [1.165, 1.54) is 0 Å². The van der Waals surface area contributed by atoms with E-state index in [9.17, 15) is 0 Å². The van der Waals surface area contributed by atoms with Gasteiger partial charge in [-0.25, -0.2) is 9.97 Å². The summed E-state index contributed by atoms with van der Waals surface area (Å²) in [6.45, 7) is 0.484. The molecule has 2 aromatic heterocycles. The van der Waals surface area contributed by atoms with Crippen molar-refractivity contribution in [1.29, 1.82) is 0 Å². The first-order valence-corrected chi connectivity index (χ1v) is 15.1. The highest BCUT2D eigenvalue weighted by molar-refractivity contribution is 5.68. The van der Waals surface area contributed by atoms with Gasteiger partial charge < -0.3 is 15.4 Å². The second-order valence-corrected chi connectivity index (χ2v) is 11.3. The molecule has 7 nitrogen and oxygen atoms in total. The molecule has 216 valence electrons. The molecule has 2 unspecified atom stereocenters. The van der Waals surface area contributed by atoms with Crippen LogP contribution in [0.15, 0.2) is 73.1 Å². The van der Waals surface area contributed by atoms with E-state index in [1.54, 1.807) is 0 Å². The van der Waals surface area contributed by atoms with Crippen LogP contribution in [-0.4, -0.2) is 32.2 Å². The Morgan fingerprint density at radius 3 is 2.40 bits per heavy atom.